The maximum Gasteiger partial charge on any atom is 0.129 e. The molecule has 0 bridgehead atoms. The molecule has 3 rings (SSSR count). The van der Waals surface area contributed by atoms with Gasteiger partial charge in [0.15, 0.2) is 0 Å². The van der Waals surface area contributed by atoms with E-state index in [0.29, 0.717) is 10.9 Å². The first-order valence-electron chi connectivity index (χ1n) is 9.29. The molecule has 0 aromatic heterocycles. The van der Waals surface area contributed by atoms with E-state index in [1.807, 2.05) is 12.1 Å². The minimum Gasteiger partial charge on any atom is -0.207 e. The summed E-state index contributed by atoms with van der Waals surface area (Å²) in [5.41, 5.74) is 1.82. The van der Waals surface area contributed by atoms with E-state index in [1.165, 1.54) is 25.7 Å². The molecular weight excluding hydrogens is 338 g/mol. The minimum absolute atomic E-state index is 0.144. The molecule has 1 saturated carbocycles. The second-order valence-corrected chi connectivity index (χ2v) is 7.71. The van der Waals surface area contributed by atoms with Crippen LogP contribution in [0.3, 0.4) is 0 Å². The van der Waals surface area contributed by atoms with Crippen LogP contribution < -0.4 is 0 Å². The van der Waals surface area contributed by atoms with E-state index in [2.05, 4.69) is 6.92 Å². The van der Waals surface area contributed by atoms with Gasteiger partial charge in [-0.25, -0.2) is 8.78 Å². The van der Waals surface area contributed by atoms with Crippen LogP contribution in [0.2, 0.25) is 5.02 Å². The van der Waals surface area contributed by atoms with Crippen LogP contribution in [0, 0.1) is 17.6 Å². The van der Waals surface area contributed by atoms with Crippen molar-refractivity contribution in [3.05, 3.63) is 69.7 Å². The van der Waals surface area contributed by atoms with Crippen molar-refractivity contribution < 1.29 is 8.78 Å². The summed E-state index contributed by atoms with van der Waals surface area (Å²) >= 11 is 5.87. The predicted molar refractivity (Wildman–Crippen MR) is 100 cm³/mol. The molecule has 0 aliphatic heterocycles. The topological polar surface area (TPSA) is 0 Å². The lowest BCUT2D eigenvalue weighted by atomic mass is 9.77. The van der Waals surface area contributed by atoms with Gasteiger partial charge in [0.2, 0.25) is 0 Å². The summed E-state index contributed by atoms with van der Waals surface area (Å²) in [6, 6.07) is 10.2. The number of hydrogen-bond acceptors (Lipinski definition) is 0. The van der Waals surface area contributed by atoms with Crippen LogP contribution in [0.5, 0.6) is 0 Å². The molecule has 0 unspecified atom stereocenters. The Balaban J connectivity index is 1.73. The molecule has 134 valence electrons. The highest BCUT2D eigenvalue weighted by Gasteiger charge is 2.23. The quantitative estimate of drug-likeness (QED) is 0.524. The van der Waals surface area contributed by atoms with E-state index in [9.17, 15) is 8.78 Å². The molecule has 2 aromatic carbocycles. The largest absolute Gasteiger partial charge is 0.207 e. The van der Waals surface area contributed by atoms with Gasteiger partial charge in [0.1, 0.15) is 11.6 Å². The Morgan fingerprint density at radius 1 is 0.960 bits per heavy atom. The minimum atomic E-state index is -0.430. The average Bonchev–Trinajstić information content (AvgIpc) is 2.60. The van der Waals surface area contributed by atoms with Crippen molar-refractivity contribution in [2.75, 3.05) is 0 Å². The van der Waals surface area contributed by atoms with Crippen molar-refractivity contribution in [1.82, 2.24) is 0 Å². The molecule has 1 aliphatic carbocycles. The summed E-state index contributed by atoms with van der Waals surface area (Å²) in [4.78, 5) is 0. The fourth-order valence-corrected chi connectivity index (χ4v) is 4.15. The van der Waals surface area contributed by atoms with Gasteiger partial charge in [0, 0.05) is 17.0 Å². The molecule has 0 atom stereocenters. The number of halogens is 3. The molecular formula is C22H25ClF2. The first-order chi connectivity index (χ1) is 12.1. The summed E-state index contributed by atoms with van der Waals surface area (Å²) in [7, 11) is 0. The Labute approximate surface area is 154 Å². The van der Waals surface area contributed by atoms with Crippen molar-refractivity contribution in [3.8, 4) is 0 Å². The van der Waals surface area contributed by atoms with E-state index in [4.69, 9.17) is 11.6 Å². The van der Waals surface area contributed by atoms with Crippen LogP contribution in [-0.2, 0) is 6.42 Å². The van der Waals surface area contributed by atoms with Crippen molar-refractivity contribution in [2.45, 2.75) is 57.8 Å². The number of benzene rings is 2. The van der Waals surface area contributed by atoms with E-state index < -0.39 is 11.6 Å². The number of hydrogen-bond donors (Lipinski definition) is 0. The van der Waals surface area contributed by atoms with Crippen molar-refractivity contribution in [1.29, 1.82) is 0 Å². The SMILES string of the molecule is CCCC1CCC(c2cc(F)c(Cc3ccc(Cl)cc3)c(F)c2)CC1. The van der Waals surface area contributed by atoms with Gasteiger partial charge in [-0.05, 0) is 72.9 Å². The Morgan fingerprint density at radius 3 is 2.12 bits per heavy atom. The summed E-state index contributed by atoms with van der Waals surface area (Å²) in [6.45, 7) is 2.22. The molecule has 0 saturated heterocycles. The van der Waals surface area contributed by atoms with Crippen LogP contribution in [0.4, 0.5) is 8.78 Å². The standard InChI is InChI=1S/C22H25ClF2/c1-2-3-15-4-8-17(9-5-15)18-13-21(24)20(22(25)14-18)12-16-6-10-19(23)11-7-16/h6-7,10-11,13-15,17H,2-5,8-9,12H2,1H3. The van der Waals surface area contributed by atoms with E-state index in [0.717, 1.165) is 29.9 Å². The highest BCUT2D eigenvalue weighted by Crippen LogP contribution is 2.38. The first-order valence-corrected chi connectivity index (χ1v) is 9.67. The molecule has 0 N–H and O–H groups in total. The third kappa shape index (κ3) is 4.61. The zero-order valence-corrected chi connectivity index (χ0v) is 15.5. The lowest BCUT2D eigenvalue weighted by Gasteiger charge is -2.29. The maximum absolute atomic E-state index is 14.6. The Morgan fingerprint density at radius 2 is 1.56 bits per heavy atom. The van der Waals surface area contributed by atoms with Crippen molar-refractivity contribution in [2.24, 2.45) is 5.92 Å². The third-order valence-corrected chi connectivity index (χ3v) is 5.72. The summed E-state index contributed by atoms with van der Waals surface area (Å²) in [5, 5.41) is 0.624. The second-order valence-electron chi connectivity index (χ2n) is 7.27. The maximum atomic E-state index is 14.6. The van der Waals surface area contributed by atoms with Gasteiger partial charge in [0.25, 0.3) is 0 Å². The molecule has 0 spiro atoms. The summed E-state index contributed by atoms with van der Waals surface area (Å²) < 4.78 is 29.1. The van der Waals surface area contributed by atoms with Gasteiger partial charge in [-0.3, -0.25) is 0 Å². The molecule has 0 amide bonds. The lowest BCUT2D eigenvalue weighted by molar-refractivity contribution is 0.307. The van der Waals surface area contributed by atoms with Crippen LogP contribution in [-0.4, -0.2) is 0 Å². The zero-order chi connectivity index (χ0) is 17.8. The monoisotopic (exact) mass is 362 g/mol. The smallest absolute Gasteiger partial charge is 0.129 e. The van der Waals surface area contributed by atoms with Crippen molar-refractivity contribution in [3.63, 3.8) is 0 Å². The fourth-order valence-electron chi connectivity index (χ4n) is 4.03. The highest BCUT2D eigenvalue weighted by atomic mass is 35.5. The molecule has 1 aliphatic rings. The van der Waals surface area contributed by atoms with Gasteiger partial charge < -0.3 is 0 Å². The summed E-state index contributed by atoms with van der Waals surface area (Å²) in [6.07, 6.45) is 7.18. The van der Waals surface area contributed by atoms with Gasteiger partial charge in [-0.15, -0.1) is 0 Å². The predicted octanol–water partition coefficient (Wildman–Crippen LogP) is 7.28. The second kappa shape index (κ2) is 8.31. The Kier molecular flexibility index (Phi) is 6.11. The van der Waals surface area contributed by atoms with Gasteiger partial charge in [-0.2, -0.15) is 0 Å². The lowest BCUT2D eigenvalue weighted by Crippen LogP contribution is -2.14. The molecule has 25 heavy (non-hydrogen) atoms. The Hall–Kier alpha value is -1.41. The first kappa shape index (κ1) is 18.4. The summed E-state index contributed by atoms with van der Waals surface area (Å²) in [5.74, 6) is 0.225. The average molecular weight is 363 g/mol. The molecule has 0 heterocycles. The van der Waals surface area contributed by atoms with Crippen LogP contribution in [0.15, 0.2) is 36.4 Å². The van der Waals surface area contributed by atoms with Gasteiger partial charge in [-0.1, -0.05) is 43.5 Å². The van der Waals surface area contributed by atoms with E-state index in [-0.39, 0.29) is 12.0 Å². The number of rotatable bonds is 5. The van der Waals surface area contributed by atoms with E-state index in [1.54, 1.807) is 24.3 Å². The van der Waals surface area contributed by atoms with Crippen LogP contribution in [0.25, 0.3) is 0 Å². The zero-order valence-electron chi connectivity index (χ0n) is 14.7. The van der Waals surface area contributed by atoms with Gasteiger partial charge in [0.05, 0.1) is 0 Å². The molecule has 1 fully saturated rings. The highest BCUT2D eigenvalue weighted by molar-refractivity contribution is 6.30. The fraction of sp³-hybridized carbons (Fsp3) is 0.455. The molecule has 0 nitrogen and oxygen atoms in total. The molecule has 0 radical (unpaired) electrons. The Bertz CT molecular complexity index is 677. The van der Waals surface area contributed by atoms with E-state index >= 15 is 0 Å². The van der Waals surface area contributed by atoms with Crippen LogP contribution >= 0.6 is 11.6 Å². The molecule has 3 heteroatoms. The molecule has 2 aromatic rings. The normalized spacial score (nSPS) is 20.6. The third-order valence-electron chi connectivity index (χ3n) is 5.47. The van der Waals surface area contributed by atoms with Crippen molar-refractivity contribution >= 4 is 11.6 Å². The van der Waals surface area contributed by atoms with Gasteiger partial charge >= 0.3 is 0 Å². The van der Waals surface area contributed by atoms with Crippen LogP contribution in [0.1, 0.15) is 68.1 Å².